The highest BCUT2D eigenvalue weighted by molar-refractivity contribution is 6.30. The quantitative estimate of drug-likeness (QED) is 0.893. The van der Waals surface area contributed by atoms with Crippen LogP contribution < -0.4 is 15.0 Å². The zero-order chi connectivity index (χ0) is 17.8. The summed E-state index contributed by atoms with van der Waals surface area (Å²) in [5, 5.41) is 3.51. The minimum absolute atomic E-state index is 0.0520. The van der Waals surface area contributed by atoms with E-state index in [0.717, 1.165) is 17.0 Å². The summed E-state index contributed by atoms with van der Waals surface area (Å²) in [7, 11) is 1.60. The lowest BCUT2D eigenvalue weighted by Gasteiger charge is -2.16. The Morgan fingerprint density at radius 1 is 1.28 bits per heavy atom. The predicted molar refractivity (Wildman–Crippen MR) is 96.8 cm³/mol. The van der Waals surface area contributed by atoms with Gasteiger partial charge in [0.05, 0.1) is 13.0 Å². The molecule has 2 aromatic rings. The van der Waals surface area contributed by atoms with Gasteiger partial charge in [-0.3, -0.25) is 9.59 Å². The van der Waals surface area contributed by atoms with Crippen LogP contribution in [-0.4, -0.2) is 25.5 Å². The molecule has 1 fully saturated rings. The molecule has 0 radical (unpaired) electrons. The SMILES string of the molecule is COc1cccc(CNC(=O)C2CC(=O)N(c3ccc(Cl)cc3)C2)c1. The molecule has 3 rings (SSSR count). The van der Waals surface area contributed by atoms with Gasteiger partial charge >= 0.3 is 0 Å². The fourth-order valence-corrected chi connectivity index (χ4v) is 3.00. The number of anilines is 1. The average Bonchev–Trinajstić information content (AvgIpc) is 3.02. The molecule has 5 nitrogen and oxygen atoms in total. The van der Waals surface area contributed by atoms with Crippen LogP contribution in [0.25, 0.3) is 0 Å². The lowest BCUT2D eigenvalue weighted by Crippen LogP contribution is -2.32. The highest BCUT2D eigenvalue weighted by Gasteiger charge is 2.34. The number of amides is 2. The molecule has 0 aromatic heterocycles. The van der Waals surface area contributed by atoms with Crippen molar-refractivity contribution in [3.63, 3.8) is 0 Å². The third kappa shape index (κ3) is 4.12. The van der Waals surface area contributed by atoms with Crippen LogP contribution in [0.4, 0.5) is 5.69 Å². The minimum Gasteiger partial charge on any atom is -0.497 e. The second-order valence-corrected chi connectivity index (χ2v) is 6.39. The molecule has 6 heteroatoms. The molecule has 0 spiro atoms. The van der Waals surface area contributed by atoms with Gasteiger partial charge in [0.25, 0.3) is 0 Å². The van der Waals surface area contributed by atoms with Crippen molar-refractivity contribution in [2.45, 2.75) is 13.0 Å². The summed E-state index contributed by atoms with van der Waals surface area (Å²) in [5.41, 5.74) is 1.71. The molecule has 0 bridgehead atoms. The van der Waals surface area contributed by atoms with Crippen molar-refractivity contribution in [2.24, 2.45) is 5.92 Å². The van der Waals surface area contributed by atoms with Crippen LogP contribution in [0.1, 0.15) is 12.0 Å². The Kier molecular flexibility index (Phi) is 5.24. The normalized spacial score (nSPS) is 16.8. The van der Waals surface area contributed by atoms with E-state index in [2.05, 4.69) is 5.32 Å². The highest BCUT2D eigenvalue weighted by atomic mass is 35.5. The van der Waals surface area contributed by atoms with Crippen molar-refractivity contribution in [3.8, 4) is 5.75 Å². The first-order chi connectivity index (χ1) is 12.1. The number of halogens is 1. The van der Waals surface area contributed by atoms with E-state index in [1.54, 1.807) is 36.3 Å². The minimum atomic E-state index is -0.353. The molecule has 25 heavy (non-hydrogen) atoms. The number of carbonyl (C=O) groups excluding carboxylic acids is 2. The van der Waals surface area contributed by atoms with Gasteiger partial charge in [-0.05, 0) is 42.0 Å². The highest BCUT2D eigenvalue weighted by Crippen LogP contribution is 2.26. The molecule has 1 N–H and O–H groups in total. The molecular formula is C19H19ClN2O3. The van der Waals surface area contributed by atoms with Gasteiger partial charge < -0.3 is 15.0 Å². The number of ether oxygens (including phenoxy) is 1. The van der Waals surface area contributed by atoms with E-state index in [-0.39, 0.29) is 24.2 Å². The summed E-state index contributed by atoms with van der Waals surface area (Å²) in [6.45, 7) is 0.784. The molecular weight excluding hydrogens is 340 g/mol. The van der Waals surface area contributed by atoms with Crippen LogP contribution in [0.5, 0.6) is 5.75 Å². The standard InChI is InChI=1S/C19H19ClN2O3/c1-25-17-4-2-3-13(9-17)11-21-19(24)14-10-18(23)22(12-14)16-7-5-15(20)6-8-16/h2-9,14H,10-12H2,1H3,(H,21,24). The van der Waals surface area contributed by atoms with Crippen LogP contribution in [0.2, 0.25) is 5.02 Å². The van der Waals surface area contributed by atoms with Crippen molar-refractivity contribution in [2.75, 3.05) is 18.6 Å². The summed E-state index contributed by atoms with van der Waals surface area (Å²) in [5.74, 6) is 0.224. The van der Waals surface area contributed by atoms with Gasteiger partial charge in [0, 0.05) is 30.2 Å². The number of nitrogens with one attached hydrogen (secondary N) is 1. The smallest absolute Gasteiger partial charge is 0.227 e. The topological polar surface area (TPSA) is 58.6 Å². The number of carbonyl (C=O) groups is 2. The number of nitrogens with zero attached hydrogens (tertiary/aromatic N) is 1. The summed E-state index contributed by atoms with van der Waals surface area (Å²) < 4.78 is 5.17. The Morgan fingerprint density at radius 2 is 2.04 bits per heavy atom. The number of hydrogen-bond donors (Lipinski definition) is 1. The first kappa shape index (κ1) is 17.3. The van der Waals surface area contributed by atoms with E-state index in [4.69, 9.17) is 16.3 Å². The first-order valence-corrected chi connectivity index (χ1v) is 8.41. The second-order valence-electron chi connectivity index (χ2n) is 5.95. The monoisotopic (exact) mass is 358 g/mol. The van der Waals surface area contributed by atoms with Gasteiger partial charge in [0.2, 0.25) is 11.8 Å². The van der Waals surface area contributed by atoms with Gasteiger partial charge in [-0.2, -0.15) is 0 Å². The molecule has 2 amide bonds. The Bertz CT molecular complexity index is 776. The van der Waals surface area contributed by atoms with Crippen molar-refractivity contribution in [1.29, 1.82) is 0 Å². The van der Waals surface area contributed by atoms with Crippen LogP contribution in [-0.2, 0) is 16.1 Å². The van der Waals surface area contributed by atoms with Crippen molar-refractivity contribution in [1.82, 2.24) is 5.32 Å². The van der Waals surface area contributed by atoms with Crippen LogP contribution in [0.3, 0.4) is 0 Å². The second kappa shape index (κ2) is 7.57. The van der Waals surface area contributed by atoms with Crippen LogP contribution in [0.15, 0.2) is 48.5 Å². The largest absolute Gasteiger partial charge is 0.497 e. The molecule has 2 aromatic carbocycles. The lowest BCUT2D eigenvalue weighted by molar-refractivity contribution is -0.126. The third-order valence-corrected chi connectivity index (χ3v) is 4.49. The zero-order valence-electron chi connectivity index (χ0n) is 13.9. The molecule has 1 heterocycles. The number of rotatable bonds is 5. The maximum atomic E-state index is 12.4. The molecule has 1 unspecified atom stereocenters. The summed E-state index contributed by atoms with van der Waals surface area (Å²) in [6.07, 6.45) is 0.215. The lowest BCUT2D eigenvalue weighted by atomic mass is 10.1. The van der Waals surface area contributed by atoms with E-state index < -0.39 is 0 Å². The molecule has 1 aliphatic heterocycles. The predicted octanol–water partition coefficient (Wildman–Crippen LogP) is 3.02. The van der Waals surface area contributed by atoms with Gasteiger partial charge in [0.15, 0.2) is 0 Å². The average molecular weight is 359 g/mol. The summed E-state index contributed by atoms with van der Waals surface area (Å²) >= 11 is 5.88. The van der Waals surface area contributed by atoms with E-state index in [9.17, 15) is 9.59 Å². The van der Waals surface area contributed by atoms with Gasteiger partial charge in [-0.1, -0.05) is 23.7 Å². The van der Waals surface area contributed by atoms with Crippen LogP contribution >= 0.6 is 11.6 Å². The summed E-state index contributed by atoms with van der Waals surface area (Å²) in [4.78, 5) is 26.3. The third-order valence-electron chi connectivity index (χ3n) is 4.24. The Morgan fingerprint density at radius 3 is 2.76 bits per heavy atom. The zero-order valence-corrected chi connectivity index (χ0v) is 14.6. The molecule has 1 saturated heterocycles. The van der Waals surface area contributed by atoms with E-state index in [1.165, 1.54) is 0 Å². The number of benzene rings is 2. The van der Waals surface area contributed by atoms with Crippen molar-refractivity contribution >= 4 is 29.1 Å². The Hall–Kier alpha value is -2.53. The van der Waals surface area contributed by atoms with Gasteiger partial charge in [-0.15, -0.1) is 0 Å². The fourth-order valence-electron chi connectivity index (χ4n) is 2.87. The maximum absolute atomic E-state index is 12.4. The maximum Gasteiger partial charge on any atom is 0.227 e. The van der Waals surface area contributed by atoms with E-state index in [0.29, 0.717) is 18.1 Å². The van der Waals surface area contributed by atoms with E-state index >= 15 is 0 Å². The van der Waals surface area contributed by atoms with Crippen LogP contribution in [0, 0.1) is 5.92 Å². The molecule has 1 atom stereocenters. The molecule has 130 valence electrons. The number of hydrogen-bond acceptors (Lipinski definition) is 3. The van der Waals surface area contributed by atoms with E-state index in [1.807, 2.05) is 24.3 Å². The number of methoxy groups -OCH3 is 1. The van der Waals surface area contributed by atoms with Gasteiger partial charge in [0.1, 0.15) is 5.75 Å². The summed E-state index contributed by atoms with van der Waals surface area (Å²) in [6, 6.07) is 14.6. The molecule has 0 aliphatic carbocycles. The first-order valence-electron chi connectivity index (χ1n) is 8.03. The van der Waals surface area contributed by atoms with Crippen molar-refractivity contribution in [3.05, 3.63) is 59.1 Å². The molecule has 1 aliphatic rings. The Labute approximate surface area is 151 Å². The fraction of sp³-hybridized carbons (Fsp3) is 0.263. The molecule has 0 saturated carbocycles. The van der Waals surface area contributed by atoms with Crippen molar-refractivity contribution < 1.29 is 14.3 Å². The Balaban J connectivity index is 1.59. The van der Waals surface area contributed by atoms with Gasteiger partial charge in [-0.25, -0.2) is 0 Å².